The molecular formula is C10H21ClSi. The molecule has 0 atom stereocenters. The first-order valence-corrected chi connectivity index (χ1v) is 8.06. The van der Waals surface area contributed by atoms with Gasteiger partial charge in [0.2, 0.25) is 0 Å². The minimum Gasteiger partial charge on any atom is -0.161 e. The Kier molecular flexibility index (Phi) is 5.18. The number of halogens is 1. The van der Waals surface area contributed by atoms with Gasteiger partial charge in [0.05, 0.1) is 0 Å². The maximum Gasteiger partial charge on any atom is 0.184 e. The van der Waals surface area contributed by atoms with Gasteiger partial charge in [0.1, 0.15) is 0 Å². The van der Waals surface area contributed by atoms with Gasteiger partial charge in [-0.1, -0.05) is 46.4 Å². The fourth-order valence-corrected chi connectivity index (χ4v) is 4.32. The average Bonchev–Trinajstić information content (AvgIpc) is 1.99. The van der Waals surface area contributed by atoms with E-state index in [1.807, 2.05) is 0 Å². The van der Waals surface area contributed by atoms with Crippen LogP contribution < -0.4 is 0 Å². The van der Waals surface area contributed by atoms with Gasteiger partial charge in [-0.2, -0.15) is 11.1 Å². The van der Waals surface area contributed by atoms with Gasteiger partial charge in [-0.3, -0.25) is 0 Å². The highest BCUT2D eigenvalue weighted by atomic mass is 35.6. The smallest absolute Gasteiger partial charge is 0.161 e. The van der Waals surface area contributed by atoms with Crippen molar-refractivity contribution < 1.29 is 0 Å². The Balaban J connectivity index is 4.51. The largest absolute Gasteiger partial charge is 0.184 e. The molecule has 72 valence electrons. The highest BCUT2D eigenvalue weighted by molar-refractivity contribution is 7.24. The van der Waals surface area contributed by atoms with Crippen molar-refractivity contribution in [3.63, 3.8) is 0 Å². The van der Waals surface area contributed by atoms with E-state index >= 15 is 0 Å². The molecule has 0 heterocycles. The lowest BCUT2D eigenvalue weighted by Gasteiger charge is -2.29. The fraction of sp³-hybridized carbons (Fsp3) is 0.800. The van der Waals surface area contributed by atoms with Crippen molar-refractivity contribution in [1.29, 1.82) is 0 Å². The van der Waals surface area contributed by atoms with Gasteiger partial charge < -0.3 is 0 Å². The third-order valence-corrected chi connectivity index (χ3v) is 9.66. The van der Waals surface area contributed by atoms with Crippen molar-refractivity contribution in [1.82, 2.24) is 0 Å². The Bertz CT molecular complexity index is 142. The van der Waals surface area contributed by atoms with Gasteiger partial charge in [0, 0.05) is 0 Å². The Morgan fingerprint density at radius 1 is 1.17 bits per heavy atom. The molecule has 0 aliphatic carbocycles. The summed E-state index contributed by atoms with van der Waals surface area (Å²) in [5, 5.41) is 0. The molecule has 0 aromatic rings. The lowest BCUT2D eigenvalue weighted by Crippen LogP contribution is -2.32. The van der Waals surface area contributed by atoms with Gasteiger partial charge in [0.25, 0.3) is 0 Å². The van der Waals surface area contributed by atoms with E-state index in [1.54, 1.807) is 0 Å². The molecule has 0 N–H and O–H groups in total. The number of rotatable bonds is 4. The molecule has 0 radical (unpaired) electrons. The van der Waals surface area contributed by atoms with E-state index in [1.165, 1.54) is 0 Å². The van der Waals surface area contributed by atoms with E-state index in [2.05, 4.69) is 46.4 Å². The number of hydrogen-bond donors (Lipinski definition) is 0. The maximum atomic E-state index is 6.64. The SMILES string of the molecule is CCC=C[Si](Cl)(C(C)C)C(C)C. The molecule has 0 aromatic heterocycles. The second-order valence-corrected chi connectivity index (χ2v) is 10.2. The van der Waals surface area contributed by atoms with Crippen molar-refractivity contribution in [3.8, 4) is 0 Å². The van der Waals surface area contributed by atoms with Crippen LogP contribution >= 0.6 is 11.1 Å². The highest BCUT2D eigenvalue weighted by Gasteiger charge is 2.35. The van der Waals surface area contributed by atoms with Crippen LogP contribution in [0.25, 0.3) is 0 Å². The topological polar surface area (TPSA) is 0 Å². The van der Waals surface area contributed by atoms with Crippen molar-refractivity contribution >= 4 is 18.5 Å². The van der Waals surface area contributed by atoms with Crippen LogP contribution in [0.15, 0.2) is 11.8 Å². The maximum absolute atomic E-state index is 6.64. The summed E-state index contributed by atoms with van der Waals surface area (Å²) in [6.07, 6.45) is 3.32. The van der Waals surface area contributed by atoms with Crippen LogP contribution in [0.1, 0.15) is 41.0 Å². The first kappa shape index (κ1) is 12.2. The van der Waals surface area contributed by atoms with Crippen LogP contribution in [0.2, 0.25) is 11.1 Å². The van der Waals surface area contributed by atoms with Crippen molar-refractivity contribution in [2.45, 2.75) is 52.1 Å². The molecule has 0 aliphatic rings. The summed E-state index contributed by atoms with van der Waals surface area (Å²) in [5.74, 6) is 0. The molecule has 0 saturated heterocycles. The van der Waals surface area contributed by atoms with Crippen LogP contribution in [0.5, 0.6) is 0 Å². The molecule has 0 fully saturated rings. The van der Waals surface area contributed by atoms with Gasteiger partial charge in [-0.05, 0) is 17.5 Å². The van der Waals surface area contributed by atoms with E-state index in [0.717, 1.165) is 6.42 Å². The third kappa shape index (κ3) is 2.95. The van der Waals surface area contributed by atoms with E-state index in [0.29, 0.717) is 11.1 Å². The van der Waals surface area contributed by atoms with E-state index in [4.69, 9.17) is 11.1 Å². The summed E-state index contributed by atoms with van der Waals surface area (Å²) < 4.78 is 0. The molecule has 2 heteroatoms. The molecule has 0 spiro atoms. The monoisotopic (exact) mass is 204 g/mol. The Morgan fingerprint density at radius 2 is 1.58 bits per heavy atom. The van der Waals surface area contributed by atoms with Crippen LogP contribution in [-0.4, -0.2) is 7.38 Å². The van der Waals surface area contributed by atoms with Crippen LogP contribution in [0, 0.1) is 0 Å². The second-order valence-electron chi connectivity index (χ2n) is 3.95. The van der Waals surface area contributed by atoms with E-state index in [-0.39, 0.29) is 0 Å². The van der Waals surface area contributed by atoms with Gasteiger partial charge >= 0.3 is 0 Å². The Hall–Kier alpha value is 0.247. The van der Waals surface area contributed by atoms with Crippen LogP contribution in [0.4, 0.5) is 0 Å². The number of hydrogen-bond acceptors (Lipinski definition) is 0. The lowest BCUT2D eigenvalue weighted by molar-refractivity contribution is 0.938. The first-order valence-electron chi connectivity index (χ1n) is 4.81. The zero-order valence-corrected chi connectivity index (χ0v) is 10.7. The fourth-order valence-electron chi connectivity index (χ4n) is 1.35. The van der Waals surface area contributed by atoms with Crippen LogP contribution in [-0.2, 0) is 0 Å². The molecule has 0 aliphatic heterocycles. The van der Waals surface area contributed by atoms with Gasteiger partial charge in [0.15, 0.2) is 7.38 Å². The predicted molar refractivity (Wildman–Crippen MR) is 61.2 cm³/mol. The molecular weight excluding hydrogens is 184 g/mol. The second kappa shape index (κ2) is 5.08. The summed E-state index contributed by atoms with van der Waals surface area (Å²) in [6, 6.07) is 0. The van der Waals surface area contributed by atoms with Crippen molar-refractivity contribution in [3.05, 3.63) is 11.8 Å². The molecule has 0 unspecified atom stereocenters. The molecule has 12 heavy (non-hydrogen) atoms. The van der Waals surface area contributed by atoms with Gasteiger partial charge in [-0.25, -0.2) is 0 Å². The predicted octanol–water partition coefficient (Wildman–Crippen LogP) is 4.50. The van der Waals surface area contributed by atoms with E-state index in [9.17, 15) is 0 Å². The van der Waals surface area contributed by atoms with Crippen molar-refractivity contribution in [2.24, 2.45) is 0 Å². The van der Waals surface area contributed by atoms with E-state index < -0.39 is 7.38 Å². The summed E-state index contributed by atoms with van der Waals surface area (Å²) in [4.78, 5) is 0. The normalized spacial score (nSPS) is 13.7. The van der Waals surface area contributed by atoms with Gasteiger partial charge in [-0.15, -0.1) is 0 Å². The van der Waals surface area contributed by atoms with Crippen molar-refractivity contribution in [2.75, 3.05) is 0 Å². The minimum atomic E-state index is -1.63. The summed E-state index contributed by atoms with van der Waals surface area (Å²) in [6.45, 7) is 11.1. The molecule has 0 rings (SSSR count). The molecule has 0 amide bonds. The highest BCUT2D eigenvalue weighted by Crippen LogP contribution is 2.36. The third-order valence-electron chi connectivity index (χ3n) is 2.38. The Morgan fingerprint density at radius 3 is 1.83 bits per heavy atom. The minimum absolute atomic E-state index is 0.627. The lowest BCUT2D eigenvalue weighted by atomic mass is 10.5. The summed E-state index contributed by atoms with van der Waals surface area (Å²) in [7, 11) is -1.63. The molecule has 0 nitrogen and oxygen atoms in total. The number of allylic oxidation sites excluding steroid dienone is 1. The quantitative estimate of drug-likeness (QED) is 0.468. The van der Waals surface area contributed by atoms with Crippen LogP contribution in [0.3, 0.4) is 0 Å². The summed E-state index contributed by atoms with van der Waals surface area (Å²) >= 11 is 6.64. The molecule has 0 bridgehead atoms. The molecule has 0 aromatic carbocycles. The zero-order valence-electron chi connectivity index (χ0n) is 8.89. The summed E-state index contributed by atoms with van der Waals surface area (Å²) in [5.41, 5.74) is 3.55. The standard InChI is InChI=1S/C10H21ClSi/c1-6-7-8-12(11,9(2)3)10(4)5/h7-10H,6H2,1-5H3. The zero-order chi connectivity index (χ0) is 9.78. The molecule has 0 saturated carbocycles. The first-order chi connectivity index (χ1) is 5.45. The Labute approximate surface area is 82.7 Å². The average molecular weight is 205 g/mol.